The molecule has 0 spiro atoms. The van der Waals surface area contributed by atoms with Gasteiger partial charge in [0, 0.05) is 0 Å². The summed E-state index contributed by atoms with van der Waals surface area (Å²) in [7, 11) is -7.69. The van der Waals surface area contributed by atoms with Gasteiger partial charge in [-0.3, -0.25) is 9.79 Å². The van der Waals surface area contributed by atoms with Crippen LogP contribution in [0.4, 0.5) is 4.20 Å². The molecule has 0 amide bonds. The van der Waals surface area contributed by atoms with Crippen molar-refractivity contribution in [1.82, 2.24) is 0 Å². The molecule has 1 rings (SSSR count). The average molecular weight is 228 g/mol. The van der Waals surface area contributed by atoms with Crippen LogP contribution in [0.2, 0.25) is 0 Å². The van der Waals surface area contributed by atoms with Crippen LogP contribution >= 0.6 is 7.91 Å². The quantitative estimate of drug-likeness (QED) is 0.349. The average Bonchev–Trinajstić information content (AvgIpc) is 2.08. The maximum atomic E-state index is 10.4. The van der Waals surface area contributed by atoms with Gasteiger partial charge in [0.1, 0.15) is 9.84 Å². The monoisotopic (exact) mass is 228 g/mol. The van der Waals surface area contributed by atoms with Crippen molar-refractivity contribution in [2.45, 2.75) is 12.8 Å². The van der Waals surface area contributed by atoms with Crippen molar-refractivity contribution in [3.05, 3.63) is 0 Å². The number of hydrogen-bond acceptors (Lipinski definition) is 3. The zero-order chi connectivity index (χ0) is 9.83. The van der Waals surface area contributed by atoms with Crippen LogP contribution in [0.1, 0.15) is 14.3 Å². The molecule has 0 atom stereocenters. The van der Waals surface area contributed by atoms with Gasteiger partial charge in [-0.2, -0.15) is 0 Å². The minimum absolute atomic E-state index is 0. The Labute approximate surface area is 89.6 Å². The summed E-state index contributed by atoms with van der Waals surface area (Å²) in [6.07, 6.45) is 1.75. The van der Waals surface area contributed by atoms with Crippen LogP contribution in [0.25, 0.3) is 0 Å². The molecule has 1 saturated heterocycles. The van der Waals surface area contributed by atoms with Crippen molar-refractivity contribution in [2.75, 3.05) is 11.5 Å². The van der Waals surface area contributed by atoms with Crippen LogP contribution in [-0.2, 0) is 14.4 Å². The Morgan fingerprint density at radius 3 is 1.54 bits per heavy atom. The number of rotatable bonds is 0. The first-order valence-corrected chi connectivity index (χ1v) is 6.49. The zero-order valence-corrected chi connectivity index (χ0v) is 8.89. The van der Waals surface area contributed by atoms with Crippen molar-refractivity contribution >= 4 is 17.7 Å². The molecule has 76 valence electrons. The summed E-state index contributed by atoms with van der Waals surface area (Å²) in [6, 6.07) is 0. The second-order valence-corrected chi connectivity index (χ2v) is 5.58. The van der Waals surface area contributed by atoms with Crippen molar-refractivity contribution in [1.29, 1.82) is 0 Å². The molecule has 1 fully saturated rings. The maximum Gasteiger partial charge on any atom is 1.00 e. The van der Waals surface area contributed by atoms with Gasteiger partial charge in [-0.15, -0.1) is 4.20 Å². The molecule has 0 aliphatic carbocycles. The Bertz CT molecular complexity index is 257. The largest absolute Gasteiger partial charge is 1.00 e. The van der Waals surface area contributed by atoms with E-state index in [1.807, 2.05) is 0 Å². The fraction of sp³-hybridized carbons (Fsp3) is 1.00. The van der Waals surface area contributed by atoms with Crippen LogP contribution in [0.5, 0.6) is 0 Å². The second-order valence-electron chi connectivity index (χ2n) is 2.33. The predicted octanol–water partition coefficient (Wildman–Crippen LogP) is -2.64. The molecule has 5 nitrogen and oxygen atoms in total. The summed E-state index contributed by atoms with van der Waals surface area (Å²) in [5, 5.41) is 0. The Morgan fingerprint density at radius 2 is 1.46 bits per heavy atom. The van der Waals surface area contributed by atoms with E-state index in [0.29, 0.717) is 11.5 Å². The molecule has 0 radical (unpaired) electrons. The first-order chi connectivity index (χ1) is 5.21. The van der Waals surface area contributed by atoms with Crippen LogP contribution in [-0.4, -0.2) is 29.7 Å². The van der Waals surface area contributed by atoms with Crippen LogP contribution in [0, 0.1) is 0 Å². The minimum Gasteiger partial charge on any atom is -1.00 e. The molecule has 1 aliphatic rings. The van der Waals surface area contributed by atoms with E-state index >= 15 is 0 Å². The Balaban J connectivity index is -0.000000159. The third-order valence-electron chi connectivity index (χ3n) is 1.16. The van der Waals surface area contributed by atoms with Gasteiger partial charge in [0.15, 0.2) is 0 Å². The number of halogens is 1. The predicted molar refractivity (Wildman–Crippen MR) is 42.2 cm³/mol. The molecule has 0 aromatic carbocycles. The van der Waals surface area contributed by atoms with Gasteiger partial charge in [0.2, 0.25) is 0 Å². The van der Waals surface area contributed by atoms with E-state index in [1.54, 1.807) is 0 Å². The molecular formula is C4H11FLiO5PS. The van der Waals surface area contributed by atoms with Gasteiger partial charge >= 0.3 is 26.8 Å². The Hall–Kier alpha value is 0.627. The fourth-order valence-corrected chi connectivity index (χ4v) is 2.24. The SMILES string of the molecule is O=P(O)(O)F.O=S1(=O)CCCC1.[H-].[Li+]. The summed E-state index contributed by atoms with van der Waals surface area (Å²) >= 11 is 0. The van der Waals surface area contributed by atoms with Crippen molar-refractivity contribution in [3.63, 3.8) is 0 Å². The van der Waals surface area contributed by atoms with Crippen molar-refractivity contribution < 1.29 is 47.3 Å². The minimum atomic E-state index is -5.14. The fourth-order valence-electron chi connectivity index (χ4n) is 0.746. The van der Waals surface area contributed by atoms with Crippen LogP contribution in [0.15, 0.2) is 0 Å². The first-order valence-electron chi connectivity index (χ1n) is 3.16. The summed E-state index contributed by atoms with van der Waals surface area (Å²) in [4.78, 5) is 13.9. The van der Waals surface area contributed by atoms with Crippen LogP contribution < -0.4 is 18.9 Å². The van der Waals surface area contributed by atoms with Gasteiger partial charge in [-0.25, -0.2) is 13.0 Å². The zero-order valence-electron chi connectivity index (χ0n) is 8.18. The van der Waals surface area contributed by atoms with Crippen molar-refractivity contribution in [3.8, 4) is 0 Å². The molecule has 0 bridgehead atoms. The van der Waals surface area contributed by atoms with E-state index in [2.05, 4.69) is 0 Å². The van der Waals surface area contributed by atoms with E-state index in [4.69, 9.17) is 14.4 Å². The van der Waals surface area contributed by atoms with Crippen LogP contribution in [0.3, 0.4) is 0 Å². The third kappa shape index (κ3) is 15.4. The number of hydrogen-bond donors (Lipinski definition) is 2. The Morgan fingerprint density at radius 1 is 1.23 bits per heavy atom. The van der Waals surface area contributed by atoms with Gasteiger partial charge in [-0.05, 0) is 12.8 Å². The van der Waals surface area contributed by atoms with E-state index in [9.17, 15) is 12.6 Å². The molecule has 0 unspecified atom stereocenters. The molecule has 9 heteroatoms. The smallest absolute Gasteiger partial charge is 1.00 e. The Kier molecular flexibility index (Phi) is 7.63. The molecule has 1 heterocycles. The molecule has 0 saturated carbocycles. The molecule has 0 aromatic rings. The standard InChI is InChI=1S/C4H8O2S.FH2O3P.Li.H/c5-7(6)3-1-2-4-7;1-5(2,3)4;;/h1-4H2;(H2,2,3,4);;/q;;+1;-1. The van der Waals surface area contributed by atoms with Crippen molar-refractivity contribution in [2.24, 2.45) is 0 Å². The summed E-state index contributed by atoms with van der Waals surface area (Å²) in [6.45, 7) is 0. The number of sulfone groups is 1. The van der Waals surface area contributed by atoms with Gasteiger partial charge in [0.05, 0.1) is 11.5 Å². The molecule has 0 aromatic heterocycles. The van der Waals surface area contributed by atoms with E-state index < -0.39 is 17.7 Å². The molecular weight excluding hydrogens is 217 g/mol. The van der Waals surface area contributed by atoms with E-state index in [0.717, 1.165) is 12.8 Å². The normalized spacial score (nSPS) is 19.6. The topological polar surface area (TPSA) is 91.7 Å². The van der Waals surface area contributed by atoms with E-state index in [-0.39, 0.29) is 20.3 Å². The maximum absolute atomic E-state index is 10.4. The van der Waals surface area contributed by atoms with Gasteiger partial charge < -0.3 is 1.43 Å². The third-order valence-corrected chi connectivity index (χ3v) is 2.98. The molecule has 2 N–H and O–H groups in total. The summed E-state index contributed by atoms with van der Waals surface area (Å²) < 4.78 is 39.9. The summed E-state index contributed by atoms with van der Waals surface area (Å²) in [5.41, 5.74) is 0. The van der Waals surface area contributed by atoms with Gasteiger partial charge in [0.25, 0.3) is 0 Å². The second kappa shape index (κ2) is 6.17. The summed E-state index contributed by atoms with van der Waals surface area (Å²) in [5.74, 6) is 0.847. The molecule has 1 aliphatic heterocycles. The molecule has 13 heavy (non-hydrogen) atoms. The van der Waals surface area contributed by atoms with Gasteiger partial charge in [-0.1, -0.05) is 0 Å². The first kappa shape index (κ1) is 16.1. The van der Waals surface area contributed by atoms with E-state index in [1.165, 1.54) is 0 Å².